The Morgan fingerprint density at radius 2 is 1.63 bits per heavy atom. The Morgan fingerprint density at radius 1 is 1.00 bits per heavy atom. The topological polar surface area (TPSA) is 38.1 Å². The van der Waals surface area contributed by atoms with Crippen molar-refractivity contribution in [3.05, 3.63) is 109 Å². The summed E-state index contributed by atoms with van der Waals surface area (Å²) >= 11 is 0. The molecule has 4 unspecified atom stereocenters. The molecular formula is C27H31N3. The lowest BCUT2D eigenvalue weighted by Crippen LogP contribution is -2.48. The van der Waals surface area contributed by atoms with E-state index in [4.69, 9.17) is 15.0 Å². The summed E-state index contributed by atoms with van der Waals surface area (Å²) in [4.78, 5) is 14.2. The first-order chi connectivity index (χ1) is 14.7. The maximum absolute atomic E-state index is 4.78. The van der Waals surface area contributed by atoms with Gasteiger partial charge in [-0.25, -0.2) is 0 Å². The molecule has 2 heterocycles. The monoisotopic (exact) mass is 397 g/mol. The summed E-state index contributed by atoms with van der Waals surface area (Å²) in [6.07, 6.45) is 17.0. The number of aromatic nitrogens is 2. The lowest BCUT2D eigenvalue weighted by Gasteiger charge is -2.52. The molecule has 2 aromatic rings. The standard InChI is InChI=1S/C27H31N3/c1-5-7-9-14-20(3)24-25(21(4)28-17-8-6-2)27(23-16-11-13-19-30-23)26(24)22-15-10-12-18-29-22/h5,7-19,24-27H,3,6H2,1-2,4H3/b7-5-,14-9-,17-8-,28-21?. The number of rotatable bonds is 8. The first-order valence-electron chi connectivity index (χ1n) is 10.7. The molecule has 1 aliphatic carbocycles. The van der Waals surface area contributed by atoms with Crippen molar-refractivity contribution < 1.29 is 0 Å². The minimum atomic E-state index is 0.217. The Morgan fingerprint density at radius 3 is 2.17 bits per heavy atom. The van der Waals surface area contributed by atoms with Gasteiger partial charge >= 0.3 is 0 Å². The Balaban J connectivity index is 2.07. The lowest BCUT2D eigenvalue weighted by atomic mass is 9.51. The second kappa shape index (κ2) is 10.6. The maximum Gasteiger partial charge on any atom is 0.0448 e. The van der Waals surface area contributed by atoms with Crippen molar-refractivity contribution in [2.45, 2.75) is 39.0 Å². The fourth-order valence-electron chi connectivity index (χ4n) is 4.37. The van der Waals surface area contributed by atoms with Gasteiger partial charge in [-0.3, -0.25) is 15.0 Å². The highest BCUT2D eigenvalue weighted by atomic mass is 14.8. The molecule has 3 heteroatoms. The molecule has 1 aliphatic rings. The number of nitrogens with zero attached hydrogens (tertiary/aromatic N) is 3. The van der Waals surface area contributed by atoms with Gasteiger partial charge in [0.25, 0.3) is 0 Å². The third-order valence-corrected chi connectivity index (χ3v) is 5.75. The van der Waals surface area contributed by atoms with Crippen LogP contribution in [0.25, 0.3) is 0 Å². The van der Waals surface area contributed by atoms with E-state index in [1.165, 1.54) is 0 Å². The van der Waals surface area contributed by atoms with E-state index in [1.807, 2.05) is 49.8 Å². The largest absolute Gasteiger partial charge is 0.266 e. The van der Waals surface area contributed by atoms with Crippen LogP contribution in [0.1, 0.15) is 50.4 Å². The zero-order valence-electron chi connectivity index (χ0n) is 18.1. The average molecular weight is 398 g/mol. The van der Waals surface area contributed by atoms with Gasteiger partial charge in [-0.15, -0.1) is 0 Å². The maximum atomic E-state index is 4.78. The van der Waals surface area contributed by atoms with Crippen molar-refractivity contribution in [3.63, 3.8) is 0 Å². The third-order valence-electron chi connectivity index (χ3n) is 5.75. The number of allylic oxidation sites excluding steroid dienone is 6. The molecule has 0 N–H and O–H groups in total. The summed E-state index contributed by atoms with van der Waals surface area (Å²) in [6.45, 7) is 10.7. The molecule has 0 aliphatic heterocycles. The first kappa shape index (κ1) is 21.6. The normalized spacial score (nSPS) is 24.6. The Bertz CT molecular complexity index is 939. The number of pyridine rings is 2. The molecule has 0 bridgehead atoms. The van der Waals surface area contributed by atoms with E-state index in [-0.39, 0.29) is 23.7 Å². The fraction of sp³-hybridized carbons (Fsp3) is 0.296. The van der Waals surface area contributed by atoms with Gasteiger partial charge in [0.15, 0.2) is 0 Å². The van der Waals surface area contributed by atoms with Crippen LogP contribution in [-0.2, 0) is 0 Å². The van der Waals surface area contributed by atoms with Crippen molar-refractivity contribution in [3.8, 4) is 0 Å². The first-order valence-corrected chi connectivity index (χ1v) is 10.7. The molecule has 4 atom stereocenters. The highest BCUT2D eigenvalue weighted by Gasteiger charge is 2.54. The Hall–Kier alpha value is -3.07. The molecule has 2 aromatic heterocycles. The molecule has 0 spiro atoms. The van der Waals surface area contributed by atoms with Crippen molar-refractivity contribution in [1.29, 1.82) is 0 Å². The lowest BCUT2D eigenvalue weighted by molar-refractivity contribution is 0.177. The van der Waals surface area contributed by atoms with E-state index >= 15 is 0 Å². The van der Waals surface area contributed by atoms with Crippen LogP contribution < -0.4 is 0 Å². The number of aliphatic imine (C=N–C) groups is 1. The zero-order chi connectivity index (χ0) is 21.3. The molecule has 0 amide bonds. The van der Waals surface area contributed by atoms with E-state index in [2.05, 4.69) is 62.9 Å². The van der Waals surface area contributed by atoms with Gasteiger partial charge in [0.1, 0.15) is 0 Å². The summed E-state index contributed by atoms with van der Waals surface area (Å²) in [5, 5.41) is 0. The van der Waals surface area contributed by atoms with Crippen LogP contribution in [0.5, 0.6) is 0 Å². The van der Waals surface area contributed by atoms with Gasteiger partial charge in [-0.1, -0.05) is 61.6 Å². The summed E-state index contributed by atoms with van der Waals surface area (Å²) < 4.78 is 0. The fourth-order valence-corrected chi connectivity index (χ4v) is 4.37. The van der Waals surface area contributed by atoms with Crippen LogP contribution >= 0.6 is 0 Å². The molecule has 30 heavy (non-hydrogen) atoms. The molecule has 0 aromatic carbocycles. The molecule has 3 nitrogen and oxygen atoms in total. The molecule has 1 saturated carbocycles. The number of hydrogen-bond acceptors (Lipinski definition) is 3. The van der Waals surface area contributed by atoms with Crippen LogP contribution in [0.2, 0.25) is 0 Å². The zero-order valence-corrected chi connectivity index (χ0v) is 18.1. The third kappa shape index (κ3) is 4.73. The van der Waals surface area contributed by atoms with Gasteiger partial charge < -0.3 is 0 Å². The SMILES string of the molecule is C=C(/C=C\C=C/C)C1C(C(C)=N/C=C\CC)C(c2ccccn2)C1c1ccccn1. The molecular weight excluding hydrogens is 366 g/mol. The quantitative estimate of drug-likeness (QED) is 0.369. The van der Waals surface area contributed by atoms with Gasteiger partial charge in [0, 0.05) is 59.4 Å². The predicted octanol–water partition coefficient (Wildman–Crippen LogP) is 6.66. The van der Waals surface area contributed by atoms with Crippen LogP contribution in [0.15, 0.2) is 103 Å². The van der Waals surface area contributed by atoms with Crippen LogP contribution in [0, 0.1) is 11.8 Å². The van der Waals surface area contributed by atoms with Crippen LogP contribution in [0.4, 0.5) is 0 Å². The van der Waals surface area contributed by atoms with E-state index in [0.717, 1.165) is 29.1 Å². The van der Waals surface area contributed by atoms with Gasteiger partial charge in [-0.2, -0.15) is 0 Å². The van der Waals surface area contributed by atoms with Gasteiger partial charge in [-0.05, 0) is 44.5 Å². The summed E-state index contributed by atoms with van der Waals surface area (Å²) in [6, 6.07) is 12.3. The van der Waals surface area contributed by atoms with Gasteiger partial charge in [0.05, 0.1) is 0 Å². The van der Waals surface area contributed by atoms with Gasteiger partial charge in [0.2, 0.25) is 0 Å². The van der Waals surface area contributed by atoms with E-state index in [1.54, 1.807) is 0 Å². The van der Waals surface area contributed by atoms with E-state index in [9.17, 15) is 0 Å². The van der Waals surface area contributed by atoms with Crippen LogP contribution in [0.3, 0.4) is 0 Å². The van der Waals surface area contributed by atoms with Crippen molar-refractivity contribution in [1.82, 2.24) is 9.97 Å². The van der Waals surface area contributed by atoms with E-state index < -0.39 is 0 Å². The number of hydrogen-bond donors (Lipinski definition) is 0. The second-order valence-corrected chi connectivity index (χ2v) is 7.64. The summed E-state index contributed by atoms with van der Waals surface area (Å²) in [5.74, 6) is 0.897. The summed E-state index contributed by atoms with van der Waals surface area (Å²) in [5.41, 5.74) is 4.41. The van der Waals surface area contributed by atoms with Crippen molar-refractivity contribution >= 4 is 5.71 Å². The minimum absolute atomic E-state index is 0.217. The van der Waals surface area contributed by atoms with Crippen molar-refractivity contribution in [2.24, 2.45) is 16.8 Å². The smallest absolute Gasteiger partial charge is 0.0448 e. The molecule has 154 valence electrons. The predicted molar refractivity (Wildman–Crippen MR) is 127 cm³/mol. The molecule has 0 radical (unpaired) electrons. The second-order valence-electron chi connectivity index (χ2n) is 7.64. The Kier molecular flexibility index (Phi) is 7.67. The highest BCUT2D eigenvalue weighted by Crippen LogP contribution is 2.60. The molecule has 1 fully saturated rings. The Labute approximate surface area is 180 Å². The van der Waals surface area contributed by atoms with Crippen LogP contribution in [-0.4, -0.2) is 15.7 Å². The minimum Gasteiger partial charge on any atom is -0.266 e. The molecule has 3 rings (SSSR count). The van der Waals surface area contributed by atoms with Crippen molar-refractivity contribution in [2.75, 3.05) is 0 Å². The average Bonchev–Trinajstić information content (AvgIpc) is 2.75. The molecule has 0 saturated heterocycles. The summed E-state index contributed by atoms with van der Waals surface area (Å²) in [7, 11) is 0. The van der Waals surface area contributed by atoms with E-state index in [0.29, 0.717) is 0 Å². The highest BCUT2D eigenvalue weighted by molar-refractivity contribution is 5.88.